The first-order valence-electron chi connectivity index (χ1n) is 7.96. The molecule has 0 saturated carbocycles. The van der Waals surface area contributed by atoms with E-state index in [0.717, 1.165) is 21.3 Å². The molecule has 3 rings (SSSR count). The number of hydrogen-bond donors (Lipinski definition) is 0. The van der Waals surface area contributed by atoms with E-state index in [2.05, 4.69) is 22.5 Å². The largest absolute Gasteiger partial charge is 0.437 e. The van der Waals surface area contributed by atoms with Gasteiger partial charge in [0.25, 0.3) is 0 Å². The number of ether oxygens (including phenoxy) is 1. The summed E-state index contributed by atoms with van der Waals surface area (Å²) in [6.07, 6.45) is 2.99. The Balaban J connectivity index is 1.80. The molecule has 1 fully saturated rings. The molecule has 1 aromatic carbocycles. The summed E-state index contributed by atoms with van der Waals surface area (Å²) >= 11 is 5.07. The molecule has 0 aliphatic carbocycles. The number of halogens is 1. The monoisotopic (exact) mass is 405 g/mol. The Labute approximate surface area is 155 Å². The number of hydrogen-bond acceptors (Lipinski definition) is 3. The van der Waals surface area contributed by atoms with Gasteiger partial charge in [-0.25, -0.2) is 4.79 Å². The van der Waals surface area contributed by atoms with Gasteiger partial charge in [-0.1, -0.05) is 40.2 Å². The van der Waals surface area contributed by atoms with E-state index in [0.29, 0.717) is 13.0 Å². The van der Waals surface area contributed by atoms with Crippen molar-refractivity contribution in [3.8, 4) is 0 Å². The quantitative estimate of drug-likeness (QED) is 0.580. The second-order valence-electron chi connectivity index (χ2n) is 6.00. The van der Waals surface area contributed by atoms with Crippen molar-refractivity contribution in [1.29, 1.82) is 0 Å². The molecule has 2 heterocycles. The highest BCUT2D eigenvalue weighted by atomic mass is 79.9. The van der Waals surface area contributed by atoms with E-state index >= 15 is 0 Å². The van der Waals surface area contributed by atoms with Crippen molar-refractivity contribution in [3.63, 3.8) is 0 Å². The fraction of sp³-hybridized carbons (Fsp3) is 0.316. The van der Waals surface area contributed by atoms with Crippen LogP contribution in [-0.2, 0) is 10.3 Å². The SMILES string of the molecule is C=CCC1(c2cccs2)CCN(C(C)c2ccc(Br)cc2)C(=O)O1. The Morgan fingerprint density at radius 2 is 2.17 bits per heavy atom. The maximum Gasteiger partial charge on any atom is 0.411 e. The molecule has 1 aliphatic rings. The minimum absolute atomic E-state index is 0.0179. The molecular formula is C19H20BrNO2S. The van der Waals surface area contributed by atoms with Crippen LogP contribution in [0.2, 0.25) is 0 Å². The summed E-state index contributed by atoms with van der Waals surface area (Å²) < 4.78 is 6.98. The first kappa shape index (κ1) is 17.2. The van der Waals surface area contributed by atoms with E-state index in [9.17, 15) is 4.79 Å². The van der Waals surface area contributed by atoms with Gasteiger partial charge in [-0.05, 0) is 36.1 Å². The molecule has 1 aromatic heterocycles. The van der Waals surface area contributed by atoms with Crippen molar-refractivity contribution in [2.24, 2.45) is 0 Å². The van der Waals surface area contributed by atoms with Crippen molar-refractivity contribution in [3.05, 3.63) is 69.3 Å². The Morgan fingerprint density at radius 3 is 2.75 bits per heavy atom. The van der Waals surface area contributed by atoms with Crippen LogP contribution in [0, 0.1) is 0 Å². The van der Waals surface area contributed by atoms with Gasteiger partial charge in [0.2, 0.25) is 0 Å². The van der Waals surface area contributed by atoms with E-state index in [1.165, 1.54) is 0 Å². The highest BCUT2D eigenvalue weighted by Crippen LogP contribution is 2.41. The van der Waals surface area contributed by atoms with Gasteiger partial charge in [0, 0.05) is 28.7 Å². The molecular weight excluding hydrogens is 386 g/mol. The Bertz CT molecular complexity index is 713. The minimum Gasteiger partial charge on any atom is -0.437 e. The molecule has 2 unspecified atom stereocenters. The second kappa shape index (κ2) is 7.11. The molecule has 2 atom stereocenters. The number of amides is 1. The molecule has 5 heteroatoms. The van der Waals surface area contributed by atoms with Gasteiger partial charge < -0.3 is 9.64 Å². The molecule has 0 radical (unpaired) electrons. The van der Waals surface area contributed by atoms with Gasteiger partial charge in [0.1, 0.15) is 0 Å². The molecule has 3 nitrogen and oxygen atoms in total. The van der Waals surface area contributed by atoms with Crippen LogP contribution >= 0.6 is 27.3 Å². The van der Waals surface area contributed by atoms with Crippen LogP contribution in [0.4, 0.5) is 4.79 Å². The Morgan fingerprint density at radius 1 is 1.42 bits per heavy atom. The number of carbonyl (C=O) groups is 1. The highest BCUT2D eigenvalue weighted by molar-refractivity contribution is 9.10. The molecule has 1 saturated heterocycles. The number of carbonyl (C=O) groups excluding carboxylic acids is 1. The van der Waals surface area contributed by atoms with Gasteiger partial charge in [-0.2, -0.15) is 0 Å². The van der Waals surface area contributed by atoms with E-state index in [1.807, 2.05) is 54.8 Å². The summed E-state index contributed by atoms with van der Waals surface area (Å²) in [4.78, 5) is 15.6. The second-order valence-corrected chi connectivity index (χ2v) is 7.87. The van der Waals surface area contributed by atoms with Crippen LogP contribution in [-0.4, -0.2) is 17.5 Å². The van der Waals surface area contributed by atoms with Crippen LogP contribution in [0.3, 0.4) is 0 Å². The zero-order valence-electron chi connectivity index (χ0n) is 13.6. The van der Waals surface area contributed by atoms with Gasteiger partial charge in [-0.15, -0.1) is 17.9 Å². The maximum atomic E-state index is 12.7. The predicted octanol–water partition coefficient (Wildman–Crippen LogP) is 5.89. The van der Waals surface area contributed by atoms with Crippen LogP contribution in [0.5, 0.6) is 0 Å². The smallest absolute Gasteiger partial charge is 0.411 e. The molecule has 0 spiro atoms. The topological polar surface area (TPSA) is 29.5 Å². The number of nitrogens with zero attached hydrogens (tertiary/aromatic N) is 1. The fourth-order valence-corrected chi connectivity index (χ4v) is 4.30. The molecule has 1 aliphatic heterocycles. The summed E-state index contributed by atoms with van der Waals surface area (Å²) in [5, 5.41) is 2.02. The van der Waals surface area contributed by atoms with Crippen LogP contribution < -0.4 is 0 Å². The first-order valence-corrected chi connectivity index (χ1v) is 9.63. The summed E-state index contributed by atoms with van der Waals surface area (Å²) in [6, 6.07) is 12.1. The van der Waals surface area contributed by atoms with E-state index < -0.39 is 5.60 Å². The maximum absolute atomic E-state index is 12.7. The van der Waals surface area contributed by atoms with E-state index in [-0.39, 0.29) is 12.1 Å². The number of cyclic esters (lactones) is 1. The lowest BCUT2D eigenvalue weighted by Gasteiger charge is -2.42. The zero-order valence-corrected chi connectivity index (χ0v) is 16.0. The van der Waals surface area contributed by atoms with E-state index in [4.69, 9.17) is 4.74 Å². The average molecular weight is 406 g/mol. The number of rotatable bonds is 5. The van der Waals surface area contributed by atoms with Gasteiger partial charge in [-0.3, -0.25) is 0 Å². The van der Waals surface area contributed by atoms with Gasteiger partial charge in [0.15, 0.2) is 5.60 Å². The number of benzene rings is 1. The van der Waals surface area contributed by atoms with Crippen molar-refractivity contribution < 1.29 is 9.53 Å². The fourth-order valence-electron chi connectivity index (χ4n) is 3.13. The first-order chi connectivity index (χ1) is 11.6. The predicted molar refractivity (Wildman–Crippen MR) is 101 cm³/mol. The molecule has 2 aromatic rings. The standard InChI is InChI=1S/C19H20BrNO2S/c1-3-10-19(17-5-4-13-24-17)11-12-21(18(22)23-19)14(2)15-6-8-16(20)9-7-15/h3-9,13-14H,1,10-12H2,2H3. The van der Waals surface area contributed by atoms with Crippen LogP contribution in [0.15, 0.2) is 58.9 Å². The summed E-state index contributed by atoms with van der Waals surface area (Å²) in [7, 11) is 0. The van der Waals surface area contributed by atoms with Crippen molar-refractivity contribution in [2.75, 3.05) is 6.54 Å². The minimum atomic E-state index is -0.567. The molecule has 1 amide bonds. The lowest BCUT2D eigenvalue weighted by molar-refractivity contribution is -0.0567. The highest BCUT2D eigenvalue weighted by Gasteiger charge is 2.43. The normalized spacial score (nSPS) is 22.1. The summed E-state index contributed by atoms with van der Waals surface area (Å²) in [6.45, 7) is 6.55. The Kier molecular flexibility index (Phi) is 5.11. The third-order valence-corrected chi connectivity index (χ3v) is 6.12. The average Bonchev–Trinajstić information content (AvgIpc) is 3.10. The lowest BCUT2D eigenvalue weighted by atomic mass is 9.91. The van der Waals surface area contributed by atoms with Crippen molar-refractivity contribution >= 4 is 33.4 Å². The van der Waals surface area contributed by atoms with Crippen molar-refractivity contribution in [1.82, 2.24) is 4.90 Å². The van der Waals surface area contributed by atoms with Gasteiger partial charge in [0.05, 0.1) is 6.04 Å². The third kappa shape index (κ3) is 3.28. The molecule has 126 valence electrons. The number of thiophene rings is 1. The zero-order chi connectivity index (χ0) is 17.2. The van der Waals surface area contributed by atoms with E-state index in [1.54, 1.807) is 16.2 Å². The summed E-state index contributed by atoms with van der Waals surface area (Å²) in [5.74, 6) is 0. The van der Waals surface area contributed by atoms with Gasteiger partial charge >= 0.3 is 6.09 Å². The lowest BCUT2D eigenvalue weighted by Crippen LogP contribution is -2.48. The molecule has 0 bridgehead atoms. The third-order valence-electron chi connectivity index (χ3n) is 4.54. The van der Waals surface area contributed by atoms with Crippen LogP contribution in [0.1, 0.15) is 36.2 Å². The Hall–Kier alpha value is -1.59. The molecule has 24 heavy (non-hydrogen) atoms. The molecule has 0 N–H and O–H groups in total. The summed E-state index contributed by atoms with van der Waals surface area (Å²) in [5.41, 5.74) is 0.533. The van der Waals surface area contributed by atoms with Crippen molar-refractivity contribution in [2.45, 2.75) is 31.4 Å². The van der Waals surface area contributed by atoms with Crippen LogP contribution in [0.25, 0.3) is 0 Å².